The van der Waals surface area contributed by atoms with Gasteiger partial charge in [0.25, 0.3) is 0 Å². The lowest BCUT2D eigenvalue weighted by Crippen LogP contribution is -2.02. The minimum absolute atomic E-state index is 0.484. The van der Waals surface area contributed by atoms with Gasteiger partial charge in [-0.15, -0.1) is 23.1 Å². The van der Waals surface area contributed by atoms with Crippen molar-refractivity contribution in [2.45, 2.75) is 32.6 Å². The van der Waals surface area contributed by atoms with E-state index in [2.05, 4.69) is 81.8 Å². The highest BCUT2D eigenvalue weighted by atomic mass is 127. The summed E-state index contributed by atoms with van der Waals surface area (Å²) in [6, 6.07) is 10.3. The highest BCUT2D eigenvalue weighted by Gasteiger charge is 2.17. The number of pyridine rings is 1. The fourth-order valence-electron chi connectivity index (χ4n) is 3.89. The Balaban J connectivity index is 1.58. The molecule has 4 heterocycles. The molecule has 0 saturated carbocycles. The van der Waals surface area contributed by atoms with Crippen LogP contribution in [-0.4, -0.2) is 35.5 Å². The lowest BCUT2D eigenvalue weighted by atomic mass is 10.2. The second-order valence-electron chi connectivity index (χ2n) is 8.21. The van der Waals surface area contributed by atoms with Gasteiger partial charge in [0.15, 0.2) is 5.65 Å². The molecule has 36 heavy (non-hydrogen) atoms. The number of aromatic nitrogens is 6. The van der Waals surface area contributed by atoms with Crippen molar-refractivity contribution >= 4 is 85.7 Å². The van der Waals surface area contributed by atoms with Gasteiger partial charge in [-0.3, -0.25) is 4.34 Å². The number of hydrogen-bond donors (Lipinski definition) is 2. The van der Waals surface area contributed by atoms with Crippen molar-refractivity contribution in [2.24, 2.45) is 0 Å². The van der Waals surface area contributed by atoms with Crippen molar-refractivity contribution in [3.05, 3.63) is 58.7 Å². The number of imidazole rings is 1. The Labute approximate surface area is 232 Å². The first-order chi connectivity index (χ1) is 17.3. The summed E-state index contributed by atoms with van der Waals surface area (Å²) in [5.74, 6) is 3.05. The third-order valence-electron chi connectivity index (χ3n) is 5.43. The molecule has 0 radical (unpaired) electrons. The second-order valence-corrected chi connectivity index (χ2v) is 12.0. The number of hydrogen-bond acceptors (Lipinski definition) is 9. The zero-order chi connectivity index (χ0) is 25.4. The van der Waals surface area contributed by atoms with Gasteiger partial charge in [0.1, 0.15) is 33.8 Å². The Morgan fingerprint density at radius 3 is 2.39 bits per heavy atom. The van der Waals surface area contributed by atoms with Gasteiger partial charge in [-0.25, -0.2) is 24.9 Å². The molecule has 1 atom stereocenters. The first-order valence-electron chi connectivity index (χ1n) is 11.1. The second kappa shape index (κ2) is 10.6. The summed E-state index contributed by atoms with van der Waals surface area (Å²) in [5.41, 5.74) is 6.62. The summed E-state index contributed by atoms with van der Waals surface area (Å²) >= 11 is 5.73. The third-order valence-corrected chi connectivity index (χ3v) is 9.37. The summed E-state index contributed by atoms with van der Waals surface area (Å²) < 4.78 is 2.13. The molecule has 184 valence electrons. The third kappa shape index (κ3) is 5.20. The van der Waals surface area contributed by atoms with Gasteiger partial charge in [-0.1, -0.05) is 0 Å². The van der Waals surface area contributed by atoms with Crippen LogP contribution >= 0.6 is 51.5 Å². The summed E-state index contributed by atoms with van der Waals surface area (Å²) in [6.45, 7) is 7.88. The molecule has 0 bridgehead atoms. The lowest BCUT2D eigenvalue weighted by Gasteiger charge is -2.14. The van der Waals surface area contributed by atoms with Crippen molar-refractivity contribution in [2.75, 3.05) is 16.9 Å². The average molecular weight is 647 g/mol. The van der Waals surface area contributed by atoms with Crippen LogP contribution in [0.1, 0.15) is 23.0 Å². The fraction of sp³-hybridized carbons (Fsp3) is 0.208. The number of nitrogens with one attached hydrogen (secondary N) is 2. The van der Waals surface area contributed by atoms with Gasteiger partial charge in [0, 0.05) is 39.4 Å². The van der Waals surface area contributed by atoms with Crippen LogP contribution in [0.2, 0.25) is 0 Å². The molecule has 2 N–H and O–H groups in total. The zero-order valence-electron chi connectivity index (χ0n) is 20.3. The van der Waals surface area contributed by atoms with E-state index >= 15 is 0 Å². The van der Waals surface area contributed by atoms with E-state index < -0.39 is 0 Å². The molecule has 5 aromatic rings. The number of aryl methyl sites for hydroxylation is 4. The highest BCUT2D eigenvalue weighted by molar-refractivity contribution is 14.2. The van der Waals surface area contributed by atoms with Crippen molar-refractivity contribution in [3.63, 3.8) is 0 Å². The van der Waals surface area contributed by atoms with Crippen molar-refractivity contribution in [1.82, 2.24) is 29.3 Å². The van der Waals surface area contributed by atoms with Crippen LogP contribution < -0.4 is 10.6 Å². The minimum atomic E-state index is 0.484. The summed E-state index contributed by atoms with van der Waals surface area (Å²) in [6.07, 6.45) is 2.57. The summed E-state index contributed by atoms with van der Waals surface area (Å²) in [4.78, 5) is 24.4. The van der Waals surface area contributed by atoms with Crippen LogP contribution in [0, 0.1) is 27.7 Å². The molecule has 0 spiro atoms. The smallest absolute Gasteiger partial charge is 0.168 e. The topological polar surface area (TPSA) is 93.4 Å². The van der Waals surface area contributed by atoms with E-state index in [9.17, 15) is 0 Å². The standard InChI is InChI=1S/C24H24IN8PS2/c1-12-8-20(28-14(3)26-12)31-21-10-18(22-23(32-21)33(34-25)15(4)29-22)30-17-7-6-16(9-19(17)35-5)24-27-13(2)11-36-24/h6-11,34H,1-5H3,(H2,26,28,30,31,32). The summed E-state index contributed by atoms with van der Waals surface area (Å²) in [7, 11) is 0. The van der Waals surface area contributed by atoms with E-state index in [1.807, 2.05) is 39.8 Å². The molecule has 0 aliphatic carbocycles. The van der Waals surface area contributed by atoms with Gasteiger partial charge in [-0.05, 0) is 74.2 Å². The largest absolute Gasteiger partial charge is 0.353 e. The predicted molar refractivity (Wildman–Crippen MR) is 162 cm³/mol. The lowest BCUT2D eigenvalue weighted by molar-refractivity contribution is 1.01. The number of benzene rings is 1. The monoisotopic (exact) mass is 646 g/mol. The Bertz CT molecular complexity index is 1560. The maximum Gasteiger partial charge on any atom is 0.168 e. The van der Waals surface area contributed by atoms with E-state index in [0.717, 1.165) is 55.2 Å². The highest BCUT2D eigenvalue weighted by Crippen LogP contribution is 2.38. The number of rotatable bonds is 7. The molecule has 0 saturated heterocycles. The van der Waals surface area contributed by atoms with Gasteiger partial charge in [0.05, 0.1) is 17.7 Å². The number of halogens is 1. The van der Waals surface area contributed by atoms with E-state index in [4.69, 9.17) is 9.97 Å². The molecule has 0 aliphatic rings. The quantitative estimate of drug-likeness (QED) is 0.106. The molecule has 1 aromatic carbocycles. The molecule has 0 fully saturated rings. The molecule has 4 aromatic heterocycles. The molecule has 0 aliphatic heterocycles. The van der Waals surface area contributed by atoms with E-state index in [0.29, 0.717) is 23.8 Å². The van der Waals surface area contributed by atoms with E-state index in [1.165, 1.54) is 0 Å². The Kier molecular flexibility index (Phi) is 7.43. The first-order valence-corrected chi connectivity index (χ1v) is 17.2. The van der Waals surface area contributed by atoms with Crippen LogP contribution in [0.5, 0.6) is 0 Å². The maximum atomic E-state index is 4.90. The number of fused-ring (bicyclic) bond motifs is 1. The molecular weight excluding hydrogens is 622 g/mol. The Morgan fingerprint density at radius 1 is 0.889 bits per heavy atom. The normalized spacial score (nSPS) is 11.6. The first kappa shape index (κ1) is 25.3. The van der Waals surface area contributed by atoms with Crippen molar-refractivity contribution in [1.29, 1.82) is 0 Å². The SMILES string of the molecule is CSc1cc(-c2nc(C)cs2)ccc1Nc1cc(Nc2cc(C)nc(C)n2)nc2c1nc(C)n2PI. The van der Waals surface area contributed by atoms with Crippen molar-refractivity contribution in [3.8, 4) is 10.6 Å². The van der Waals surface area contributed by atoms with Crippen LogP contribution in [-0.2, 0) is 0 Å². The van der Waals surface area contributed by atoms with Gasteiger partial charge >= 0.3 is 0 Å². The Morgan fingerprint density at radius 2 is 1.69 bits per heavy atom. The average Bonchev–Trinajstić information content (AvgIpc) is 3.41. The van der Waals surface area contributed by atoms with Crippen LogP contribution in [0.3, 0.4) is 0 Å². The molecule has 0 amide bonds. The van der Waals surface area contributed by atoms with Gasteiger partial charge in [0.2, 0.25) is 0 Å². The molecule has 5 rings (SSSR count). The van der Waals surface area contributed by atoms with Crippen LogP contribution in [0.15, 0.2) is 40.6 Å². The molecule has 12 heteroatoms. The van der Waals surface area contributed by atoms with E-state index in [-0.39, 0.29) is 0 Å². The van der Waals surface area contributed by atoms with Gasteiger partial charge in [-0.2, -0.15) is 0 Å². The number of thioether (sulfide) groups is 1. The predicted octanol–water partition coefficient (Wildman–Crippen LogP) is 7.58. The number of nitrogens with zero attached hydrogens (tertiary/aromatic N) is 6. The fourth-order valence-corrected chi connectivity index (χ4v) is 7.41. The zero-order valence-corrected chi connectivity index (χ0v) is 25.1. The molecular formula is C24H24IN8PS2. The van der Waals surface area contributed by atoms with E-state index in [1.54, 1.807) is 23.1 Å². The maximum absolute atomic E-state index is 4.90. The summed E-state index contributed by atoms with van der Waals surface area (Å²) in [5, 5.41) is 10.1. The van der Waals surface area contributed by atoms with Crippen LogP contribution in [0.4, 0.5) is 23.0 Å². The number of anilines is 4. The minimum Gasteiger partial charge on any atom is -0.353 e. The van der Waals surface area contributed by atoms with Crippen molar-refractivity contribution < 1.29 is 0 Å². The van der Waals surface area contributed by atoms with Crippen LogP contribution in [0.25, 0.3) is 21.7 Å². The molecule has 8 nitrogen and oxygen atoms in total. The van der Waals surface area contributed by atoms with Gasteiger partial charge < -0.3 is 10.6 Å². The molecule has 1 unspecified atom stereocenters. The number of thiazole rings is 1. The Hall–Kier alpha value is -2.34.